The van der Waals surface area contributed by atoms with Crippen LogP contribution in [-0.4, -0.2) is 96.7 Å². The summed E-state index contributed by atoms with van der Waals surface area (Å²) < 4.78 is 68.4. The van der Waals surface area contributed by atoms with Gasteiger partial charge in [-0.2, -0.15) is 0 Å². The summed E-state index contributed by atoms with van der Waals surface area (Å²) in [5, 5.41) is 10.6. The van der Waals surface area contributed by atoms with E-state index < -0.39 is 97.5 Å². The fourth-order valence-corrected chi connectivity index (χ4v) is 12.1. The molecule has 19 heteroatoms. The van der Waals surface area contributed by atoms with Gasteiger partial charge >= 0.3 is 39.5 Å². The van der Waals surface area contributed by atoms with Crippen molar-refractivity contribution >= 4 is 39.5 Å². The molecule has 0 aromatic carbocycles. The first kappa shape index (κ1) is 96.0. The molecule has 0 radical (unpaired) electrons. The van der Waals surface area contributed by atoms with E-state index in [0.717, 1.165) is 135 Å². The molecule has 0 saturated carbocycles. The number of hydrogen-bond donors (Lipinski definition) is 3. The Morgan fingerprint density at radius 1 is 0.300 bits per heavy atom. The summed E-state index contributed by atoms with van der Waals surface area (Å²) in [4.78, 5) is 72.9. The van der Waals surface area contributed by atoms with Crippen molar-refractivity contribution in [3.8, 4) is 0 Å². The van der Waals surface area contributed by atoms with Crippen molar-refractivity contribution in [2.75, 3.05) is 39.6 Å². The molecule has 0 aromatic heterocycles. The smallest absolute Gasteiger partial charge is 0.462 e. The van der Waals surface area contributed by atoms with E-state index in [9.17, 15) is 43.2 Å². The van der Waals surface area contributed by atoms with E-state index in [-0.39, 0.29) is 25.7 Å². The van der Waals surface area contributed by atoms with Gasteiger partial charge in [-0.25, -0.2) is 9.13 Å². The molecule has 0 aliphatic heterocycles. The van der Waals surface area contributed by atoms with Gasteiger partial charge in [0.25, 0.3) is 0 Å². The molecule has 100 heavy (non-hydrogen) atoms. The van der Waals surface area contributed by atoms with Crippen molar-refractivity contribution in [2.45, 2.75) is 354 Å². The minimum atomic E-state index is -4.99. The number of phosphoric ester groups is 2. The quantitative estimate of drug-likeness (QED) is 0.0169. The summed E-state index contributed by atoms with van der Waals surface area (Å²) in [7, 11) is -9.98. The zero-order valence-corrected chi connectivity index (χ0v) is 64.9. The van der Waals surface area contributed by atoms with Gasteiger partial charge in [0.2, 0.25) is 0 Å². The van der Waals surface area contributed by atoms with E-state index in [0.29, 0.717) is 25.7 Å². The molecule has 0 heterocycles. The monoisotopic (exact) mass is 1450 g/mol. The Labute approximate surface area is 607 Å². The van der Waals surface area contributed by atoms with Crippen LogP contribution in [0.25, 0.3) is 0 Å². The van der Waals surface area contributed by atoms with Crippen LogP contribution >= 0.6 is 15.6 Å². The average molecular weight is 1450 g/mol. The summed E-state index contributed by atoms with van der Waals surface area (Å²) >= 11 is 0. The first-order valence-corrected chi connectivity index (χ1v) is 42.5. The van der Waals surface area contributed by atoms with Crippen LogP contribution in [0.5, 0.6) is 0 Å². The lowest BCUT2D eigenvalue weighted by Gasteiger charge is -2.21. The summed E-state index contributed by atoms with van der Waals surface area (Å²) in [6, 6.07) is 0. The Kier molecular flexibility index (Phi) is 70.4. The van der Waals surface area contributed by atoms with Crippen LogP contribution in [0, 0.1) is 0 Å². The van der Waals surface area contributed by atoms with Gasteiger partial charge < -0.3 is 33.8 Å². The van der Waals surface area contributed by atoms with Gasteiger partial charge in [0, 0.05) is 19.3 Å². The van der Waals surface area contributed by atoms with Gasteiger partial charge in [0.1, 0.15) is 19.3 Å². The minimum absolute atomic E-state index is 0.0688. The lowest BCUT2D eigenvalue weighted by molar-refractivity contribution is -0.161. The van der Waals surface area contributed by atoms with Gasteiger partial charge in [-0.1, -0.05) is 298 Å². The minimum Gasteiger partial charge on any atom is -0.462 e. The molecule has 5 atom stereocenters. The lowest BCUT2D eigenvalue weighted by Crippen LogP contribution is -2.30. The van der Waals surface area contributed by atoms with Gasteiger partial charge in [-0.15, -0.1) is 0 Å². The highest BCUT2D eigenvalue weighted by Gasteiger charge is 2.30. The third-order valence-electron chi connectivity index (χ3n) is 16.6. The van der Waals surface area contributed by atoms with Crippen molar-refractivity contribution in [3.05, 3.63) is 97.2 Å². The number of esters is 4. The van der Waals surface area contributed by atoms with Crippen molar-refractivity contribution in [1.29, 1.82) is 0 Å². The maximum absolute atomic E-state index is 13.1. The van der Waals surface area contributed by atoms with E-state index in [1.165, 1.54) is 122 Å². The van der Waals surface area contributed by atoms with E-state index >= 15 is 0 Å². The lowest BCUT2D eigenvalue weighted by atomic mass is 10.0. The number of phosphoric acid groups is 2. The molecule has 0 aliphatic carbocycles. The zero-order chi connectivity index (χ0) is 73.2. The second kappa shape index (κ2) is 73.3. The standard InChI is InChI=1S/C81H142O17P2/c1-5-9-13-17-21-25-29-33-37-41-45-49-53-57-61-65-78(83)91-71-76(97-80(85)67-63-59-55-51-47-43-39-35-31-27-23-19-15-11-7-3)73-95-99(87,88)93-69-75(82)70-94-100(89,90)96-74-77(98-81(86)68-64-60-56-52-48-44-40-36-32-28-24-20-16-12-8-4)72-92-79(84)66-62-58-54-50-46-42-38-34-30-26-22-18-14-10-6-2/h9,13,21-22,25-26,33-34,36-38,40,45,49,57,61,75-77,82H,5-8,10-12,14-20,23-24,27-32,35,39,41-44,46-48,50-56,58-60,62-74H2,1-4H3,(H,87,88)(H,89,90)/b13-9-,25-21-,26-22-,37-33-,38-34-,40-36-,49-45-,61-57-. The summed E-state index contributed by atoms with van der Waals surface area (Å²) in [5.74, 6) is -2.33. The molecular weight excluding hydrogens is 1310 g/mol. The number of rotatable bonds is 74. The first-order chi connectivity index (χ1) is 48.7. The largest absolute Gasteiger partial charge is 0.472 e. The summed E-state index contributed by atoms with van der Waals surface area (Å²) in [6.45, 7) is 4.63. The highest BCUT2D eigenvalue weighted by Crippen LogP contribution is 2.45. The van der Waals surface area contributed by atoms with Crippen LogP contribution in [0.4, 0.5) is 0 Å². The molecule has 578 valence electrons. The topological polar surface area (TPSA) is 237 Å². The number of ether oxygens (including phenoxy) is 4. The number of hydrogen-bond acceptors (Lipinski definition) is 15. The first-order valence-electron chi connectivity index (χ1n) is 39.5. The predicted molar refractivity (Wildman–Crippen MR) is 409 cm³/mol. The van der Waals surface area contributed by atoms with Gasteiger partial charge in [0.15, 0.2) is 12.2 Å². The fraction of sp³-hybridized carbons (Fsp3) is 0.753. The molecule has 0 bridgehead atoms. The Morgan fingerprint density at radius 3 is 0.920 bits per heavy atom. The van der Waals surface area contributed by atoms with Crippen LogP contribution in [0.2, 0.25) is 0 Å². The fourth-order valence-electron chi connectivity index (χ4n) is 10.6. The highest BCUT2D eigenvalue weighted by atomic mass is 31.2. The molecule has 0 spiro atoms. The highest BCUT2D eigenvalue weighted by molar-refractivity contribution is 7.47. The Balaban J connectivity index is 5.42. The number of aliphatic hydroxyl groups is 1. The normalized spacial score (nSPS) is 14.4. The van der Waals surface area contributed by atoms with Gasteiger partial charge in [0.05, 0.1) is 32.8 Å². The van der Waals surface area contributed by atoms with Gasteiger partial charge in [-0.3, -0.25) is 37.3 Å². The Bertz CT molecular complexity index is 2270. The van der Waals surface area contributed by atoms with Crippen LogP contribution in [0.3, 0.4) is 0 Å². The summed E-state index contributed by atoms with van der Waals surface area (Å²) in [6.07, 6.45) is 77.0. The number of allylic oxidation sites excluding steroid dienone is 15. The molecule has 0 fully saturated rings. The van der Waals surface area contributed by atoms with E-state index in [2.05, 4.69) is 101 Å². The number of unbranched alkanes of at least 4 members (excludes halogenated alkanes) is 33. The van der Waals surface area contributed by atoms with Gasteiger partial charge in [-0.05, 0) is 109 Å². The van der Waals surface area contributed by atoms with Crippen LogP contribution < -0.4 is 0 Å². The third kappa shape index (κ3) is 72.3. The van der Waals surface area contributed by atoms with Crippen molar-refractivity contribution in [3.63, 3.8) is 0 Å². The molecule has 0 rings (SSSR count). The zero-order valence-electron chi connectivity index (χ0n) is 63.1. The second-order valence-electron chi connectivity index (χ2n) is 26.3. The number of carbonyl (C=O) groups is 4. The molecule has 17 nitrogen and oxygen atoms in total. The van der Waals surface area contributed by atoms with E-state index in [1.54, 1.807) is 6.08 Å². The maximum Gasteiger partial charge on any atom is 0.472 e. The predicted octanol–water partition coefficient (Wildman–Crippen LogP) is 22.8. The van der Waals surface area contributed by atoms with Crippen molar-refractivity contribution in [1.82, 2.24) is 0 Å². The molecule has 0 amide bonds. The van der Waals surface area contributed by atoms with E-state index in [4.69, 9.17) is 37.0 Å². The van der Waals surface area contributed by atoms with Crippen molar-refractivity contribution in [2.24, 2.45) is 0 Å². The Morgan fingerprint density at radius 2 is 0.560 bits per heavy atom. The molecule has 5 unspecified atom stereocenters. The molecule has 0 saturated heterocycles. The molecular formula is C81H142O17P2. The van der Waals surface area contributed by atoms with E-state index in [1.807, 2.05) is 18.2 Å². The van der Waals surface area contributed by atoms with Crippen LogP contribution in [0.1, 0.15) is 336 Å². The third-order valence-corrected chi connectivity index (χ3v) is 18.5. The summed E-state index contributed by atoms with van der Waals surface area (Å²) in [5.41, 5.74) is 0. The van der Waals surface area contributed by atoms with Crippen LogP contribution in [-0.2, 0) is 65.4 Å². The molecule has 0 aromatic rings. The molecule has 0 aliphatic rings. The number of carbonyl (C=O) groups excluding carboxylic acids is 4. The van der Waals surface area contributed by atoms with Crippen LogP contribution in [0.15, 0.2) is 97.2 Å². The average Bonchev–Trinajstić information content (AvgIpc) is 1.01. The number of aliphatic hydroxyl groups excluding tert-OH is 1. The maximum atomic E-state index is 13.1. The molecule has 3 N–H and O–H groups in total. The SMILES string of the molecule is CC/C=C\C/C=C\C/C=C\C/C=C\C/C=C\CC(=O)OCC(COP(=O)(O)OCC(O)COP(=O)(O)OCC(COC(=O)CCCCCCC/C=C\C/C=C\CCCCC)OC(=O)CCCCCCC/C=C\CCCCCCCC)OC(=O)CCCCCCCCCCCCCCCCC. The second-order valence-corrected chi connectivity index (χ2v) is 29.2. The Hall–Kier alpha value is -4.02. The van der Waals surface area contributed by atoms with Crippen molar-refractivity contribution < 1.29 is 80.2 Å².